The minimum Gasteiger partial charge on any atom is -0.370 e. The van der Waals surface area contributed by atoms with Gasteiger partial charge in [0.1, 0.15) is 0 Å². The van der Waals surface area contributed by atoms with Crippen molar-refractivity contribution in [1.82, 2.24) is 0 Å². The molecule has 1 unspecified atom stereocenters. The van der Waals surface area contributed by atoms with Crippen molar-refractivity contribution < 1.29 is 4.74 Å². The van der Waals surface area contributed by atoms with Crippen molar-refractivity contribution in [2.45, 2.75) is 111 Å². The molecule has 5 aliphatic rings. The number of fused-ring (bicyclic) bond motifs is 2. The number of epoxide rings is 1. The predicted molar refractivity (Wildman–Crippen MR) is 133 cm³/mol. The molecule has 2 saturated carbocycles. The van der Waals surface area contributed by atoms with Crippen LogP contribution < -0.4 is 0 Å². The number of rotatable bonds is 2. The lowest BCUT2D eigenvalue weighted by molar-refractivity contribution is 0.0930. The number of ether oxygens (including phenoxy) is 1. The van der Waals surface area contributed by atoms with Crippen LogP contribution in [0.25, 0.3) is 0 Å². The summed E-state index contributed by atoms with van der Waals surface area (Å²) in [5.41, 5.74) is 6.11. The lowest BCUT2D eigenvalue weighted by Crippen LogP contribution is -2.40. The summed E-state index contributed by atoms with van der Waals surface area (Å²) in [6.07, 6.45) is 18.5. The zero-order valence-corrected chi connectivity index (χ0v) is 21.4. The molecule has 3 fully saturated rings. The molecule has 174 valence electrons. The van der Waals surface area contributed by atoms with Crippen LogP contribution in [0.3, 0.4) is 0 Å². The molecule has 1 aliphatic heterocycles. The van der Waals surface area contributed by atoms with Crippen molar-refractivity contribution >= 4 is 0 Å². The van der Waals surface area contributed by atoms with Crippen LogP contribution in [-0.4, -0.2) is 12.2 Å². The van der Waals surface area contributed by atoms with Gasteiger partial charge in [0, 0.05) is 0 Å². The van der Waals surface area contributed by atoms with Crippen LogP contribution in [0.1, 0.15) is 106 Å². The van der Waals surface area contributed by atoms with Gasteiger partial charge in [-0.3, -0.25) is 0 Å². The molecular weight excluding hydrogens is 376 g/mol. The first-order chi connectivity index (χ1) is 14.6. The third-order valence-corrected chi connectivity index (χ3v) is 10.6. The molecule has 1 heterocycles. The normalized spacial score (nSPS) is 46.4. The van der Waals surface area contributed by atoms with E-state index in [0.717, 1.165) is 30.3 Å². The van der Waals surface area contributed by atoms with Crippen molar-refractivity contribution in [1.29, 1.82) is 0 Å². The molecule has 0 aromatic rings. The Labute approximate surface area is 192 Å². The van der Waals surface area contributed by atoms with Crippen LogP contribution in [-0.2, 0) is 4.74 Å². The van der Waals surface area contributed by atoms with Crippen molar-refractivity contribution in [3.05, 3.63) is 35.5 Å². The van der Waals surface area contributed by atoms with E-state index in [1.54, 1.807) is 11.1 Å². The van der Waals surface area contributed by atoms with Gasteiger partial charge in [-0.2, -0.15) is 0 Å². The minimum atomic E-state index is 0.242. The molecule has 31 heavy (non-hydrogen) atoms. The maximum Gasteiger partial charge on any atom is 0.0917 e. The van der Waals surface area contributed by atoms with E-state index in [-0.39, 0.29) is 5.60 Å². The summed E-state index contributed by atoms with van der Waals surface area (Å²) >= 11 is 0. The quantitative estimate of drug-likeness (QED) is 0.319. The van der Waals surface area contributed by atoms with Crippen LogP contribution in [0.5, 0.6) is 0 Å². The fraction of sp³-hybridized carbons (Fsp3) is 0.800. The van der Waals surface area contributed by atoms with E-state index in [2.05, 4.69) is 60.3 Å². The van der Waals surface area contributed by atoms with E-state index in [1.165, 1.54) is 69.8 Å². The second kappa shape index (κ2) is 8.51. The van der Waals surface area contributed by atoms with Gasteiger partial charge < -0.3 is 4.74 Å². The molecule has 0 aromatic heterocycles. The van der Waals surface area contributed by atoms with Crippen molar-refractivity contribution in [2.75, 3.05) is 6.61 Å². The maximum absolute atomic E-state index is 5.68. The molecule has 1 heteroatoms. The maximum atomic E-state index is 5.68. The van der Waals surface area contributed by atoms with Gasteiger partial charge in [0.25, 0.3) is 0 Å². The van der Waals surface area contributed by atoms with Crippen LogP contribution in [0, 0.1) is 34.5 Å². The summed E-state index contributed by atoms with van der Waals surface area (Å²) in [5.74, 6) is 3.29. The average molecular weight is 425 g/mol. The molecule has 7 atom stereocenters. The topological polar surface area (TPSA) is 12.5 Å². The standard InChI is InChI=1S/C15H24O.C15H24/c1-11-5-4-6-12-7-8-13(9-14(11,12)2)15(3)10-16-15;1-11(2)13-8-9-14-7-5-6-12(3)15(14,4)10-13/h6,11,13H,4-5,7-10H2,1-3H3;7,12-13H,1,5-6,8-10H2,2-4H3/t11-,13-,14+,15?;12-,13-,15+/m11/s1. The molecule has 0 radical (unpaired) electrons. The lowest BCUT2D eigenvalue weighted by atomic mass is 9.57. The summed E-state index contributed by atoms with van der Waals surface area (Å²) in [4.78, 5) is 0. The third kappa shape index (κ3) is 4.38. The van der Waals surface area contributed by atoms with Gasteiger partial charge in [-0.1, -0.05) is 63.1 Å². The Kier molecular flexibility index (Phi) is 6.41. The van der Waals surface area contributed by atoms with Crippen LogP contribution in [0.2, 0.25) is 0 Å². The Hall–Kier alpha value is -0.820. The predicted octanol–water partition coefficient (Wildman–Crippen LogP) is 8.66. The summed E-state index contributed by atoms with van der Waals surface area (Å²) in [6.45, 7) is 19.5. The highest BCUT2D eigenvalue weighted by atomic mass is 16.6. The first-order valence-corrected chi connectivity index (χ1v) is 13.3. The van der Waals surface area contributed by atoms with Gasteiger partial charge in [-0.25, -0.2) is 0 Å². The Morgan fingerprint density at radius 1 is 0.871 bits per heavy atom. The molecule has 1 saturated heterocycles. The van der Waals surface area contributed by atoms with Crippen molar-refractivity contribution in [3.63, 3.8) is 0 Å². The molecule has 0 spiro atoms. The van der Waals surface area contributed by atoms with Crippen LogP contribution in [0.4, 0.5) is 0 Å². The molecule has 1 nitrogen and oxygen atoms in total. The van der Waals surface area contributed by atoms with Gasteiger partial charge in [0.05, 0.1) is 12.2 Å². The highest BCUT2D eigenvalue weighted by Gasteiger charge is 2.52. The highest BCUT2D eigenvalue weighted by Crippen LogP contribution is 2.56. The second-order valence-corrected chi connectivity index (χ2v) is 12.6. The van der Waals surface area contributed by atoms with E-state index in [0.29, 0.717) is 10.8 Å². The fourth-order valence-corrected chi connectivity index (χ4v) is 7.37. The van der Waals surface area contributed by atoms with E-state index in [4.69, 9.17) is 4.74 Å². The summed E-state index contributed by atoms with van der Waals surface area (Å²) in [6, 6.07) is 0. The van der Waals surface area contributed by atoms with Crippen molar-refractivity contribution in [2.24, 2.45) is 34.5 Å². The molecule has 0 bridgehead atoms. The zero-order valence-electron chi connectivity index (χ0n) is 21.4. The van der Waals surface area contributed by atoms with E-state index < -0.39 is 0 Å². The Morgan fingerprint density at radius 3 is 1.90 bits per heavy atom. The summed E-state index contributed by atoms with van der Waals surface area (Å²) < 4.78 is 5.68. The van der Waals surface area contributed by atoms with Crippen molar-refractivity contribution in [3.8, 4) is 0 Å². The van der Waals surface area contributed by atoms with E-state index in [1.807, 2.05) is 0 Å². The van der Waals surface area contributed by atoms with Gasteiger partial charge in [0.2, 0.25) is 0 Å². The minimum absolute atomic E-state index is 0.242. The zero-order chi connectivity index (χ0) is 22.4. The van der Waals surface area contributed by atoms with Gasteiger partial charge in [-0.05, 0) is 113 Å². The number of hydrogen-bond acceptors (Lipinski definition) is 1. The summed E-state index contributed by atoms with van der Waals surface area (Å²) in [5, 5.41) is 0. The molecular formula is C30H48O. The summed E-state index contributed by atoms with van der Waals surface area (Å²) in [7, 11) is 0. The first-order valence-electron chi connectivity index (χ1n) is 13.3. The van der Waals surface area contributed by atoms with Crippen LogP contribution >= 0.6 is 0 Å². The Morgan fingerprint density at radius 2 is 1.39 bits per heavy atom. The molecule has 0 N–H and O–H groups in total. The highest BCUT2D eigenvalue weighted by molar-refractivity contribution is 5.24. The van der Waals surface area contributed by atoms with E-state index >= 15 is 0 Å². The lowest BCUT2D eigenvalue weighted by Gasteiger charge is -2.48. The van der Waals surface area contributed by atoms with Gasteiger partial charge in [-0.15, -0.1) is 0 Å². The molecule has 0 amide bonds. The molecule has 5 rings (SSSR count). The Bertz CT molecular complexity index is 752. The molecule has 4 aliphatic carbocycles. The monoisotopic (exact) mass is 424 g/mol. The van der Waals surface area contributed by atoms with Gasteiger partial charge in [0.15, 0.2) is 0 Å². The smallest absolute Gasteiger partial charge is 0.0917 e. The largest absolute Gasteiger partial charge is 0.370 e. The average Bonchev–Trinajstić information content (AvgIpc) is 3.48. The first kappa shape index (κ1) is 23.3. The second-order valence-electron chi connectivity index (χ2n) is 12.6. The van der Waals surface area contributed by atoms with E-state index in [9.17, 15) is 0 Å². The number of allylic oxidation sites excluding steroid dienone is 5. The fourth-order valence-electron chi connectivity index (χ4n) is 7.37. The SMILES string of the molecule is C=C(C)[C@@H]1CCC2=CCC[C@@H](C)[C@]2(C)C1.C[C@@H]1CCC=C2CC[C@@H](C3(C)CO3)C[C@]21C. The van der Waals surface area contributed by atoms with Gasteiger partial charge >= 0.3 is 0 Å². The third-order valence-electron chi connectivity index (χ3n) is 10.6. The number of hydrogen-bond donors (Lipinski definition) is 0. The van der Waals surface area contributed by atoms with Crippen LogP contribution in [0.15, 0.2) is 35.5 Å². The molecule has 0 aromatic carbocycles. The Balaban J connectivity index is 0.000000150.